The first-order valence-electron chi connectivity index (χ1n) is 11.4. The van der Waals surface area contributed by atoms with E-state index in [2.05, 4.69) is 20.9 Å². The van der Waals surface area contributed by atoms with Gasteiger partial charge in [0.1, 0.15) is 17.3 Å². The van der Waals surface area contributed by atoms with Crippen molar-refractivity contribution in [2.45, 2.75) is 45.1 Å². The van der Waals surface area contributed by atoms with E-state index < -0.39 is 0 Å². The number of rotatable bonds is 6. The second-order valence-electron chi connectivity index (χ2n) is 8.54. The van der Waals surface area contributed by atoms with Gasteiger partial charge in [0.15, 0.2) is 0 Å². The number of carbonyl (C=O) groups excluding carboxylic acids is 1. The molecule has 0 radical (unpaired) electrons. The van der Waals surface area contributed by atoms with Crippen LogP contribution in [0.4, 0.5) is 17.3 Å². The van der Waals surface area contributed by atoms with Crippen LogP contribution in [0, 0.1) is 12.3 Å². The molecule has 0 bridgehead atoms. The lowest BCUT2D eigenvalue weighted by molar-refractivity contribution is -0.115. The van der Waals surface area contributed by atoms with Crippen molar-refractivity contribution in [2.24, 2.45) is 0 Å². The highest BCUT2D eigenvalue weighted by molar-refractivity contribution is 6.45. The van der Waals surface area contributed by atoms with Crippen molar-refractivity contribution in [3.63, 3.8) is 0 Å². The quantitative estimate of drug-likeness (QED) is 0.495. The lowest BCUT2D eigenvalue weighted by Gasteiger charge is -2.28. The Morgan fingerprint density at radius 3 is 2.75 bits per heavy atom. The summed E-state index contributed by atoms with van der Waals surface area (Å²) in [4.78, 5) is 20.0. The largest absolute Gasteiger partial charge is 0.357 e. The zero-order valence-corrected chi connectivity index (χ0v) is 19.3. The Hall–Kier alpha value is -2.64. The summed E-state index contributed by atoms with van der Waals surface area (Å²) in [7, 11) is 0. The number of halogens is 1. The number of pyridine rings is 1. The van der Waals surface area contributed by atoms with Crippen LogP contribution in [0.5, 0.6) is 0 Å². The maximum Gasteiger partial charge on any atom is 0.270 e. The average Bonchev–Trinajstić information content (AvgIpc) is 2.83. The molecule has 0 aliphatic carbocycles. The van der Waals surface area contributed by atoms with Gasteiger partial charge in [0.2, 0.25) is 0 Å². The number of carbonyl (C=O) groups is 1. The number of aromatic nitrogens is 1. The summed E-state index contributed by atoms with van der Waals surface area (Å²) in [5, 5.41) is 18.9. The van der Waals surface area contributed by atoms with E-state index in [4.69, 9.17) is 22.0 Å². The molecular formula is C24H31ClN6O. The molecule has 4 N–H and O–H groups in total. The number of amides is 1. The van der Waals surface area contributed by atoms with E-state index in [9.17, 15) is 4.79 Å². The topological polar surface area (TPSA) is 93.1 Å². The van der Waals surface area contributed by atoms with Gasteiger partial charge in [-0.05, 0) is 75.4 Å². The molecule has 8 heteroatoms. The normalized spacial score (nSPS) is 18.8. The number of nitrogens with one attached hydrogen (secondary N) is 4. The van der Waals surface area contributed by atoms with Gasteiger partial charge in [0.25, 0.3) is 5.91 Å². The zero-order valence-electron chi connectivity index (χ0n) is 18.5. The summed E-state index contributed by atoms with van der Waals surface area (Å²) in [5.41, 5.74) is 2.10. The molecular weight excluding hydrogens is 424 g/mol. The smallest absolute Gasteiger partial charge is 0.270 e. The highest BCUT2D eigenvalue weighted by Crippen LogP contribution is 2.29. The Balaban J connectivity index is 1.62. The summed E-state index contributed by atoms with van der Waals surface area (Å²) in [6.07, 6.45) is 5.47. The van der Waals surface area contributed by atoms with Crippen LogP contribution < -0.4 is 20.9 Å². The summed E-state index contributed by atoms with van der Waals surface area (Å²) in [6, 6.07) is 9.44. The SMILES string of the molecule is Cc1c(Cl)cccc1Nc1nc(N2CCCCC2)ccc1C(=N)C(=O)NC1CCCNC1. The van der Waals surface area contributed by atoms with Crippen LogP contribution >= 0.6 is 11.6 Å². The highest BCUT2D eigenvalue weighted by Gasteiger charge is 2.23. The van der Waals surface area contributed by atoms with Crippen molar-refractivity contribution in [1.29, 1.82) is 5.41 Å². The first kappa shape index (κ1) is 22.6. The van der Waals surface area contributed by atoms with E-state index in [0.717, 1.165) is 68.9 Å². The van der Waals surface area contributed by atoms with Crippen molar-refractivity contribution in [2.75, 3.05) is 36.4 Å². The monoisotopic (exact) mass is 454 g/mol. The summed E-state index contributed by atoms with van der Waals surface area (Å²) in [6.45, 7) is 5.58. The predicted molar refractivity (Wildman–Crippen MR) is 131 cm³/mol. The van der Waals surface area contributed by atoms with E-state index in [1.54, 1.807) is 0 Å². The van der Waals surface area contributed by atoms with Crippen molar-refractivity contribution in [1.82, 2.24) is 15.6 Å². The van der Waals surface area contributed by atoms with E-state index >= 15 is 0 Å². The van der Waals surface area contributed by atoms with Gasteiger partial charge in [-0.15, -0.1) is 0 Å². The van der Waals surface area contributed by atoms with Crippen molar-refractivity contribution in [3.05, 3.63) is 46.5 Å². The third kappa shape index (κ3) is 5.22. The van der Waals surface area contributed by atoms with Gasteiger partial charge in [-0.1, -0.05) is 17.7 Å². The summed E-state index contributed by atoms with van der Waals surface area (Å²) >= 11 is 6.31. The van der Waals surface area contributed by atoms with E-state index in [-0.39, 0.29) is 17.7 Å². The molecule has 170 valence electrons. The number of hydrogen-bond donors (Lipinski definition) is 4. The zero-order chi connectivity index (χ0) is 22.5. The van der Waals surface area contributed by atoms with E-state index in [0.29, 0.717) is 16.4 Å². The van der Waals surface area contributed by atoms with Crippen molar-refractivity contribution >= 4 is 40.5 Å². The molecule has 1 atom stereocenters. The van der Waals surface area contributed by atoms with Gasteiger partial charge < -0.3 is 20.9 Å². The van der Waals surface area contributed by atoms with Crippen molar-refractivity contribution < 1.29 is 4.79 Å². The maximum atomic E-state index is 12.9. The van der Waals surface area contributed by atoms with Crippen LogP contribution in [0.2, 0.25) is 5.02 Å². The molecule has 3 heterocycles. The number of benzene rings is 1. The average molecular weight is 455 g/mol. The summed E-state index contributed by atoms with van der Waals surface area (Å²) in [5.74, 6) is 0.984. The maximum absolute atomic E-state index is 12.9. The Labute approximate surface area is 194 Å². The van der Waals surface area contributed by atoms with Gasteiger partial charge in [-0.3, -0.25) is 10.2 Å². The molecule has 7 nitrogen and oxygen atoms in total. The van der Waals surface area contributed by atoms with E-state index in [1.165, 1.54) is 6.42 Å². The fourth-order valence-electron chi connectivity index (χ4n) is 4.27. The molecule has 0 spiro atoms. The van der Waals surface area contributed by atoms with Crippen LogP contribution in [0.25, 0.3) is 0 Å². The minimum absolute atomic E-state index is 0.0452. The van der Waals surface area contributed by atoms with Crippen LogP contribution in [0.3, 0.4) is 0 Å². The number of nitrogens with zero attached hydrogens (tertiary/aromatic N) is 2. The van der Waals surface area contributed by atoms with Crippen LogP contribution in [-0.4, -0.2) is 48.8 Å². The standard InChI is InChI=1S/C24H31ClN6O/c1-16-19(25)8-5-9-20(16)29-23-18(10-11-21(30-23)31-13-3-2-4-14-31)22(26)24(32)28-17-7-6-12-27-15-17/h5,8-11,17,26-27H,2-4,6-7,12-15H2,1H3,(H,28,32)(H,29,30). The Morgan fingerprint density at radius 2 is 2.00 bits per heavy atom. The number of hydrogen-bond acceptors (Lipinski definition) is 6. The third-order valence-electron chi connectivity index (χ3n) is 6.21. The molecule has 1 aromatic carbocycles. The molecule has 4 rings (SSSR count). The lowest BCUT2D eigenvalue weighted by atomic mass is 10.1. The van der Waals surface area contributed by atoms with Crippen molar-refractivity contribution in [3.8, 4) is 0 Å². The highest BCUT2D eigenvalue weighted by atomic mass is 35.5. The van der Waals surface area contributed by atoms with Crippen LogP contribution in [0.15, 0.2) is 30.3 Å². The van der Waals surface area contributed by atoms with Crippen LogP contribution in [0.1, 0.15) is 43.2 Å². The fraction of sp³-hybridized carbons (Fsp3) is 0.458. The number of piperidine rings is 2. The lowest BCUT2D eigenvalue weighted by Crippen LogP contribution is -2.47. The molecule has 1 unspecified atom stereocenters. The van der Waals surface area contributed by atoms with Crippen LogP contribution in [-0.2, 0) is 4.79 Å². The predicted octanol–water partition coefficient (Wildman–Crippen LogP) is 4.01. The van der Waals surface area contributed by atoms with Gasteiger partial charge in [-0.25, -0.2) is 4.98 Å². The second kappa shape index (κ2) is 10.3. The minimum Gasteiger partial charge on any atom is -0.357 e. The Bertz CT molecular complexity index is 982. The molecule has 32 heavy (non-hydrogen) atoms. The minimum atomic E-state index is -0.378. The van der Waals surface area contributed by atoms with Gasteiger partial charge in [-0.2, -0.15) is 0 Å². The first-order chi connectivity index (χ1) is 15.5. The molecule has 2 saturated heterocycles. The van der Waals surface area contributed by atoms with Gasteiger partial charge in [0, 0.05) is 41.9 Å². The van der Waals surface area contributed by atoms with Gasteiger partial charge >= 0.3 is 0 Å². The molecule has 1 aromatic heterocycles. The van der Waals surface area contributed by atoms with Gasteiger partial charge in [0.05, 0.1) is 0 Å². The third-order valence-corrected chi connectivity index (χ3v) is 6.62. The molecule has 2 aromatic rings. The number of anilines is 3. The van der Waals surface area contributed by atoms with E-state index in [1.807, 2.05) is 37.3 Å². The Morgan fingerprint density at radius 1 is 1.19 bits per heavy atom. The fourth-order valence-corrected chi connectivity index (χ4v) is 4.44. The first-order valence-corrected chi connectivity index (χ1v) is 11.8. The molecule has 2 fully saturated rings. The molecule has 2 aliphatic heterocycles. The second-order valence-corrected chi connectivity index (χ2v) is 8.95. The molecule has 0 saturated carbocycles. The summed E-state index contributed by atoms with van der Waals surface area (Å²) < 4.78 is 0. The Kier molecular flexibility index (Phi) is 7.27. The molecule has 1 amide bonds. The molecule has 2 aliphatic rings.